The van der Waals surface area contributed by atoms with Gasteiger partial charge in [-0.1, -0.05) is 29.8 Å². The predicted molar refractivity (Wildman–Crippen MR) is 99.2 cm³/mol. The summed E-state index contributed by atoms with van der Waals surface area (Å²) >= 11 is 0. The molecule has 0 radical (unpaired) electrons. The standard InChI is InChI=1S/C21H21NO5/c1-14-3-9-18(10-4-14)22-12-17(11-19(22)23)21(25)27-13-15-5-7-16(8-6-15)20(24)26-2/h3-10,17H,11-13H2,1-2H3/t17-/m0/s1. The summed E-state index contributed by atoms with van der Waals surface area (Å²) in [6.45, 7) is 2.39. The molecule has 1 fully saturated rings. The first-order valence-electron chi connectivity index (χ1n) is 8.69. The van der Waals surface area contributed by atoms with Crippen LogP contribution in [0.2, 0.25) is 0 Å². The molecule has 0 bridgehead atoms. The van der Waals surface area contributed by atoms with Crippen LogP contribution in [-0.2, 0) is 25.7 Å². The molecule has 2 aromatic rings. The number of anilines is 1. The highest BCUT2D eigenvalue weighted by Gasteiger charge is 2.36. The fourth-order valence-corrected chi connectivity index (χ4v) is 2.97. The number of ether oxygens (including phenoxy) is 2. The fraction of sp³-hybridized carbons (Fsp3) is 0.286. The topological polar surface area (TPSA) is 72.9 Å². The van der Waals surface area contributed by atoms with Crippen molar-refractivity contribution in [3.8, 4) is 0 Å². The number of aryl methyl sites for hydroxylation is 1. The molecule has 1 heterocycles. The molecule has 1 amide bonds. The molecular weight excluding hydrogens is 346 g/mol. The molecule has 0 N–H and O–H groups in total. The van der Waals surface area contributed by atoms with E-state index in [2.05, 4.69) is 4.74 Å². The predicted octanol–water partition coefficient (Wildman–Crippen LogP) is 2.88. The highest BCUT2D eigenvalue weighted by Crippen LogP contribution is 2.26. The van der Waals surface area contributed by atoms with E-state index in [-0.39, 0.29) is 18.9 Å². The zero-order valence-corrected chi connectivity index (χ0v) is 15.3. The lowest BCUT2D eigenvalue weighted by molar-refractivity contribution is -0.149. The summed E-state index contributed by atoms with van der Waals surface area (Å²) < 4.78 is 10.0. The van der Waals surface area contributed by atoms with Crippen LogP contribution in [0.4, 0.5) is 5.69 Å². The Labute approximate surface area is 157 Å². The third-order valence-electron chi connectivity index (χ3n) is 4.56. The zero-order chi connectivity index (χ0) is 19.4. The summed E-state index contributed by atoms with van der Waals surface area (Å²) in [4.78, 5) is 37.6. The van der Waals surface area contributed by atoms with Gasteiger partial charge in [0.2, 0.25) is 5.91 Å². The molecule has 1 saturated heterocycles. The number of amides is 1. The Balaban J connectivity index is 1.56. The number of carbonyl (C=O) groups excluding carboxylic acids is 3. The average molecular weight is 367 g/mol. The molecule has 0 unspecified atom stereocenters. The summed E-state index contributed by atoms with van der Waals surface area (Å²) in [5.74, 6) is -1.37. The van der Waals surface area contributed by atoms with E-state index in [0.29, 0.717) is 12.1 Å². The van der Waals surface area contributed by atoms with Crippen LogP contribution >= 0.6 is 0 Å². The van der Waals surface area contributed by atoms with Gasteiger partial charge in [-0.15, -0.1) is 0 Å². The third kappa shape index (κ3) is 4.34. The van der Waals surface area contributed by atoms with Crippen molar-refractivity contribution in [3.63, 3.8) is 0 Å². The monoisotopic (exact) mass is 367 g/mol. The number of esters is 2. The number of hydrogen-bond acceptors (Lipinski definition) is 5. The Morgan fingerprint density at radius 2 is 1.74 bits per heavy atom. The molecule has 0 aliphatic carbocycles. The molecule has 6 nitrogen and oxygen atoms in total. The van der Waals surface area contributed by atoms with Gasteiger partial charge >= 0.3 is 11.9 Å². The van der Waals surface area contributed by atoms with Crippen molar-refractivity contribution in [2.24, 2.45) is 5.92 Å². The summed E-state index contributed by atoms with van der Waals surface area (Å²) in [5, 5.41) is 0. The average Bonchev–Trinajstić information content (AvgIpc) is 3.08. The number of rotatable bonds is 5. The summed E-state index contributed by atoms with van der Waals surface area (Å²) in [6.07, 6.45) is 0.147. The second-order valence-corrected chi connectivity index (χ2v) is 6.54. The van der Waals surface area contributed by atoms with Crippen molar-refractivity contribution in [1.29, 1.82) is 0 Å². The molecule has 1 atom stereocenters. The summed E-state index contributed by atoms with van der Waals surface area (Å²) in [7, 11) is 1.32. The molecule has 3 rings (SSSR count). The molecule has 0 saturated carbocycles. The third-order valence-corrected chi connectivity index (χ3v) is 4.56. The van der Waals surface area contributed by atoms with Gasteiger partial charge in [-0.25, -0.2) is 4.79 Å². The number of carbonyl (C=O) groups is 3. The first-order chi connectivity index (χ1) is 13.0. The van der Waals surface area contributed by atoms with Gasteiger partial charge in [0.15, 0.2) is 0 Å². The van der Waals surface area contributed by atoms with E-state index in [1.54, 1.807) is 29.2 Å². The number of benzene rings is 2. The van der Waals surface area contributed by atoms with E-state index in [4.69, 9.17) is 4.74 Å². The van der Waals surface area contributed by atoms with Crippen molar-refractivity contribution in [2.45, 2.75) is 20.0 Å². The van der Waals surface area contributed by atoms with Crippen LogP contribution < -0.4 is 4.90 Å². The van der Waals surface area contributed by atoms with Crippen LogP contribution in [0.25, 0.3) is 0 Å². The van der Waals surface area contributed by atoms with E-state index in [0.717, 1.165) is 16.8 Å². The molecule has 0 spiro atoms. The van der Waals surface area contributed by atoms with Gasteiger partial charge in [-0.05, 0) is 36.8 Å². The van der Waals surface area contributed by atoms with Crippen LogP contribution in [0.1, 0.15) is 27.9 Å². The Morgan fingerprint density at radius 1 is 1.07 bits per heavy atom. The lowest BCUT2D eigenvalue weighted by Gasteiger charge is -2.16. The zero-order valence-electron chi connectivity index (χ0n) is 15.3. The van der Waals surface area contributed by atoms with E-state index in [1.807, 2.05) is 31.2 Å². The van der Waals surface area contributed by atoms with Crippen LogP contribution in [-0.4, -0.2) is 31.5 Å². The second-order valence-electron chi connectivity index (χ2n) is 6.54. The maximum atomic E-state index is 12.3. The molecule has 1 aliphatic rings. The van der Waals surface area contributed by atoms with Crippen molar-refractivity contribution in [2.75, 3.05) is 18.6 Å². The van der Waals surface area contributed by atoms with Gasteiger partial charge in [-0.3, -0.25) is 9.59 Å². The Morgan fingerprint density at radius 3 is 2.37 bits per heavy atom. The maximum Gasteiger partial charge on any atom is 0.337 e. The van der Waals surface area contributed by atoms with Gasteiger partial charge in [0.05, 0.1) is 18.6 Å². The molecule has 6 heteroatoms. The molecule has 1 aliphatic heterocycles. The van der Waals surface area contributed by atoms with Crippen molar-refractivity contribution in [1.82, 2.24) is 0 Å². The fourth-order valence-electron chi connectivity index (χ4n) is 2.97. The van der Waals surface area contributed by atoms with Gasteiger partial charge in [0.1, 0.15) is 6.61 Å². The minimum absolute atomic E-state index is 0.0803. The van der Waals surface area contributed by atoms with Gasteiger partial charge < -0.3 is 14.4 Å². The van der Waals surface area contributed by atoms with Crippen LogP contribution in [0.5, 0.6) is 0 Å². The van der Waals surface area contributed by atoms with E-state index >= 15 is 0 Å². The normalized spacial score (nSPS) is 16.3. The highest BCUT2D eigenvalue weighted by atomic mass is 16.5. The van der Waals surface area contributed by atoms with Crippen molar-refractivity contribution in [3.05, 3.63) is 65.2 Å². The number of hydrogen-bond donors (Lipinski definition) is 0. The van der Waals surface area contributed by atoms with Gasteiger partial charge in [-0.2, -0.15) is 0 Å². The van der Waals surface area contributed by atoms with E-state index in [9.17, 15) is 14.4 Å². The Bertz CT molecular complexity index is 842. The largest absolute Gasteiger partial charge is 0.465 e. The smallest absolute Gasteiger partial charge is 0.337 e. The summed E-state index contributed by atoms with van der Waals surface area (Å²) in [5.41, 5.74) is 3.09. The maximum absolute atomic E-state index is 12.3. The lowest BCUT2D eigenvalue weighted by Crippen LogP contribution is -2.26. The lowest BCUT2D eigenvalue weighted by atomic mass is 10.1. The van der Waals surface area contributed by atoms with Crippen molar-refractivity contribution < 1.29 is 23.9 Å². The second kappa shape index (κ2) is 8.03. The molecule has 0 aromatic heterocycles. The van der Waals surface area contributed by atoms with Gasteiger partial charge in [0, 0.05) is 18.7 Å². The Kier molecular flexibility index (Phi) is 5.54. The van der Waals surface area contributed by atoms with Crippen LogP contribution in [0, 0.1) is 12.8 Å². The minimum Gasteiger partial charge on any atom is -0.465 e. The number of methoxy groups -OCH3 is 1. The summed E-state index contributed by atoms with van der Waals surface area (Å²) in [6, 6.07) is 14.3. The first kappa shape index (κ1) is 18.6. The number of nitrogens with zero attached hydrogens (tertiary/aromatic N) is 1. The molecule has 27 heavy (non-hydrogen) atoms. The van der Waals surface area contributed by atoms with E-state index < -0.39 is 17.9 Å². The quantitative estimate of drug-likeness (QED) is 0.760. The first-order valence-corrected chi connectivity index (χ1v) is 8.69. The molecule has 140 valence electrons. The van der Waals surface area contributed by atoms with Gasteiger partial charge in [0.25, 0.3) is 0 Å². The highest BCUT2D eigenvalue weighted by molar-refractivity contribution is 5.99. The molecule has 2 aromatic carbocycles. The minimum atomic E-state index is -0.479. The van der Waals surface area contributed by atoms with Crippen LogP contribution in [0.3, 0.4) is 0 Å². The van der Waals surface area contributed by atoms with E-state index in [1.165, 1.54) is 7.11 Å². The SMILES string of the molecule is COC(=O)c1ccc(COC(=O)[C@H]2CC(=O)N(c3ccc(C)cc3)C2)cc1. The Hall–Kier alpha value is -3.15. The van der Waals surface area contributed by atoms with Crippen LogP contribution in [0.15, 0.2) is 48.5 Å². The molecular formula is C21H21NO5. The van der Waals surface area contributed by atoms with Crippen molar-refractivity contribution >= 4 is 23.5 Å².